The Morgan fingerprint density at radius 3 is 2.33 bits per heavy atom. The highest BCUT2D eigenvalue weighted by Gasteiger charge is 2.31. The van der Waals surface area contributed by atoms with Crippen molar-refractivity contribution >= 4 is 39.5 Å². The molecule has 5 nitrogen and oxygen atoms in total. The summed E-state index contributed by atoms with van der Waals surface area (Å²) in [6.07, 6.45) is 2.09. The maximum absolute atomic E-state index is 14.6. The first kappa shape index (κ1) is 27.4. The SMILES string of the molecule is CSN(CCCCC(c1cc(F)ccc1F)S(=O)(=O)c1ccc(Cl)cc1)C(=O)OC(C)(C)C. The molecule has 33 heavy (non-hydrogen) atoms. The van der Waals surface area contributed by atoms with Crippen LogP contribution in [-0.2, 0) is 14.6 Å². The molecule has 0 radical (unpaired) electrons. The van der Waals surface area contributed by atoms with Crippen molar-refractivity contribution in [3.63, 3.8) is 0 Å². The zero-order chi connectivity index (χ0) is 24.8. The molecule has 182 valence electrons. The summed E-state index contributed by atoms with van der Waals surface area (Å²) in [5.74, 6) is -1.51. The number of rotatable bonds is 9. The molecule has 1 atom stereocenters. The minimum atomic E-state index is -4.03. The summed E-state index contributed by atoms with van der Waals surface area (Å²) in [5, 5.41) is -0.930. The lowest BCUT2D eigenvalue weighted by Crippen LogP contribution is -2.33. The Bertz CT molecular complexity index is 1060. The van der Waals surface area contributed by atoms with Gasteiger partial charge in [-0.05, 0) is 88.0 Å². The van der Waals surface area contributed by atoms with Gasteiger partial charge in [-0.15, -0.1) is 0 Å². The summed E-state index contributed by atoms with van der Waals surface area (Å²) in [5.41, 5.74) is -0.864. The van der Waals surface area contributed by atoms with E-state index in [1.807, 2.05) is 0 Å². The van der Waals surface area contributed by atoms with Crippen LogP contribution in [-0.4, -0.2) is 37.2 Å². The summed E-state index contributed by atoms with van der Waals surface area (Å²) in [6.45, 7) is 5.62. The fourth-order valence-corrected chi connectivity index (χ4v) is 5.64. The third-order valence-corrected chi connectivity index (χ3v) is 7.91. The number of nitrogens with zero attached hydrogens (tertiary/aromatic N) is 1. The Labute approximate surface area is 203 Å². The lowest BCUT2D eigenvalue weighted by Gasteiger charge is -2.26. The van der Waals surface area contributed by atoms with E-state index in [1.165, 1.54) is 40.5 Å². The van der Waals surface area contributed by atoms with Gasteiger partial charge in [0, 0.05) is 23.4 Å². The van der Waals surface area contributed by atoms with Crippen LogP contribution in [0.25, 0.3) is 0 Å². The summed E-state index contributed by atoms with van der Waals surface area (Å²) in [7, 11) is -4.03. The number of hydrogen-bond acceptors (Lipinski definition) is 5. The van der Waals surface area contributed by atoms with Gasteiger partial charge >= 0.3 is 6.09 Å². The molecular weight excluding hydrogens is 492 g/mol. The Hall–Kier alpha value is -1.84. The topological polar surface area (TPSA) is 63.7 Å². The molecule has 0 spiro atoms. The molecule has 0 aliphatic carbocycles. The number of halogens is 3. The van der Waals surface area contributed by atoms with Crippen LogP contribution in [0.2, 0.25) is 5.02 Å². The third-order valence-electron chi connectivity index (χ3n) is 4.72. The summed E-state index contributed by atoms with van der Waals surface area (Å²) in [6, 6.07) is 8.35. The van der Waals surface area contributed by atoms with Crippen LogP contribution in [0.5, 0.6) is 0 Å². The van der Waals surface area contributed by atoms with Crippen LogP contribution in [0.4, 0.5) is 13.6 Å². The highest BCUT2D eigenvalue weighted by atomic mass is 35.5. The molecule has 0 aliphatic rings. The van der Waals surface area contributed by atoms with Crippen LogP contribution in [0, 0.1) is 11.6 Å². The molecule has 0 N–H and O–H groups in total. The maximum atomic E-state index is 14.6. The fraction of sp³-hybridized carbons (Fsp3) is 0.435. The Morgan fingerprint density at radius 1 is 1.12 bits per heavy atom. The molecule has 2 aromatic carbocycles. The van der Waals surface area contributed by atoms with Crippen LogP contribution < -0.4 is 0 Å². The second kappa shape index (κ2) is 11.5. The van der Waals surface area contributed by atoms with Crippen molar-refractivity contribution in [3.05, 3.63) is 64.7 Å². The standard InChI is InChI=1S/C23H28ClF2NO4S2/c1-23(2,3)31-22(28)27(32-4)14-6-5-7-21(19-15-17(25)10-13-20(19)26)33(29,30)18-11-8-16(24)9-12-18/h8-13,15,21H,5-7,14H2,1-4H3. The number of benzene rings is 2. The molecule has 0 heterocycles. The second-order valence-electron chi connectivity index (χ2n) is 8.41. The predicted molar refractivity (Wildman–Crippen MR) is 128 cm³/mol. The number of carbonyl (C=O) groups is 1. The van der Waals surface area contributed by atoms with Crippen molar-refractivity contribution in [2.45, 2.75) is 55.8 Å². The van der Waals surface area contributed by atoms with Gasteiger partial charge in [-0.3, -0.25) is 4.31 Å². The number of carbonyl (C=O) groups excluding carboxylic acids is 1. The Balaban J connectivity index is 2.21. The third kappa shape index (κ3) is 7.86. The van der Waals surface area contributed by atoms with E-state index in [0.29, 0.717) is 24.4 Å². The second-order valence-corrected chi connectivity index (χ2v) is 11.8. The van der Waals surface area contributed by atoms with Crippen molar-refractivity contribution in [2.24, 2.45) is 0 Å². The number of hydrogen-bond donors (Lipinski definition) is 0. The lowest BCUT2D eigenvalue weighted by molar-refractivity contribution is 0.0404. The molecule has 0 saturated carbocycles. The monoisotopic (exact) mass is 519 g/mol. The molecule has 1 unspecified atom stereocenters. The van der Waals surface area contributed by atoms with Gasteiger partial charge in [0.05, 0.1) is 10.1 Å². The number of sulfone groups is 1. The molecule has 0 aliphatic heterocycles. The first-order valence-corrected chi connectivity index (χ1v) is 13.4. The number of ether oxygens (including phenoxy) is 1. The van der Waals surface area contributed by atoms with Crippen LogP contribution in [0.15, 0.2) is 47.4 Å². The average molecular weight is 520 g/mol. The van der Waals surface area contributed by atoms with Crippen molar-refractivity contribution < 1.29 is 26.7 Å². The van der Waals surface area contributed by atoms with E-state index >= 15 is 0 Å². The smallest absolute Gasteiger partial charge is 0.420 e. The van der Waals surface area contributed by atoms with Crippen molar-refractivity contribution in [1.82, 2.24) is 4.31 Å². The van der Waals surface area contributed by atoms with Crippen LogP contribution in [0.3, 0.4) is 0 Å². The molecule has 2 aromatic rings. The Morgan fingerprint density at radius 2 is 1.76 bits per heavy atom. The lowest BCUT2D eigenvalue weighted by atomic mass is 10.1. The number of unbranched alkanes of at least 4 members (excludes halogenated alkanes) is 1. The summed E-state index contributed by atoms with van der Waals surface area (Å²) in [4.78, 5) is 12.3. The summed E-state index contributed by atoms with van der Waals surface area (Å²) < 4.78 is 61.9. The minimum absolute atomic E-state index is 0.0277. The zero-order valence-electron chi connectivity index (χ0n) is 19.0. The van der Waals surface area contributed by atoms with E-state index in [0.717, 1.165) is 18.2 Å². The Kier molecular flexibility index (Phi) is 9.58. The minimum Gasteiger partial charge on any atom is -0.443 e. The fourth-order valence-electron chi connectivity index (χ4n) is 3.18. The largest absolute Gasteiger partial charge is 0.443 e. The van der Waals surface area contributed by atoms with E-state index < -0.39 is 38.4 Å². The van der Waals surface area contributed by atoms with Gasteiger partial charge in [-0.1, -0.05) is 18.0 Å². The molecule has 0 saturated heterocycles. The van der Waals surface area contributed by atoms with E-state index in [4.69, 9.17) is 16.3 Å². The van der Waals surface area contributed by atoms with E-state index in [9.17, 15) is 22.0 Å². The zero-order valence-corrected chi connectivity index (χ0v) is 21.4. The van der Waals surface area contributed by atoms with Gasteiger partial charge in [0.25, 0.3) is 0 Å². The molecule has 10 heteroatoms. The van der Waals surface area contributed by atoms with E-state index in [1.54, 1.807) is 27.0 Å². The van der Waals surface area contributed by atoms with Gasteiger partial charge in [-0.2, -0.15) is 0 Å². The predicted octanol–water partition coefficient (Wildman–Crippen LogP) is 6.82. The molecule has 0 bridgehead atoms. The molecular formula is C23H28ClF2NO4S2. The average Bonchev–Trinajstić information content (AvgIpc) is 2.71. The van der Waals surface area contributed by atoms with E-state index in [-0.39, 0.29) is 16.9 Å². The van der Waals surface area contributed by atoms with Gasteiger partial charge < -0.3 is 4.74 Å². The highest BCUT2D eigenvalue weighted by molar-refractivity contribution is 7.96. The van der Waals surface area contributed by atoms with Crippen LogP contribution >= 0.6 is 23.5 Å². The van der Waals surface area contributed by atoms with Crippen molar-refractivity contribution in [3.8, 4) is 0 Å². The first-order valence-electron chi connectivity index (χ1n) is 10.3. The van der Waals surface area contributed by atoms with Crippen molar-refractivity contribution in [2.75, 3.05) is 12.8 Å². The van der Waals surface area contributed by atoms with Crippen molar-refractivity contribution in [1.29, 1.82) is 0 Å². The van der Waals surface area contributed by atoms with Gasteiger partial charge in [0.15, 0.2) is 9.84 Å². The quantitative estimate of drug-likeness (QED) is 0.269. The first-order chi connectivity index (χ1) is 15.3. The van der Waals surface area contributed by atoms with Gasteiger partial charge in [-0.25, -0.2) is 22.0 Å². The summed E-state index contributed by atoms with van der Waals surface area (Å²) >= 11 is 7.07. The molecule has 1 amide bonds. The normalized spacial score (nSPS) is 12.9. The number of amides is 1. The van der Waals surface area contributed by atoms with Gasteiger partial charge in [0.2, 0.25) is 0 Å². The molecule has 2 rings (SSSR count). The highest BCUT2D eigenvalue weighted by Crippen LogP contribution is 2.35. The maximum Gasteiger partial charge on any atom is 0.420 e. The van der Waals surface area contributed by atoms with Crippen LogP contribution in [0.1, 0.15) is 50.8 Å². The van der Waals surface area contributed by atoms with Gasteiger partial charge in [0.1, 0.15) is 17.2 Å². The van der Waals surface area contributed by atoms with E-state index in [2.05, 4.69) is 0 Å². The molecule has 0 aromatic heterocycles. The molecule has 0 fully saturated rings.